The van der Waals surface area contributed by atoms with Crippen molar-refractivity contribution in [1.82, 2.24) is 4.57 Å². The SMILES string of the molecule is O=C(O)[C@@H](CO)n1cc([N+](=O)[O-])c(=O)c([N+](=O)[O-])c1. The molecule has 1 aromatic heterocycles. The number of rotatable bonds is 5. The van der Waals surface area contributed by atoms with Crippen LogP contribution in [0, 0.1) is 20.2 Å². The number of carboxylic acids is 1. The first-order valence-electron chi connectivity index (χ1n) is 4.67. The molecule has 1 atom stereocenters. The van der Waals surface area contributed by atoms with E-state index >= 15 is 0 Å². The number of carbonyl (C=O) groups is 1. The van der Waals surface area contributed by atoms with Gasteiger partial charge < -0.3 is 14.8 Å². The predicted molar refractivity (Wildman–Crippen MR) is 57.8 cm³/mol. The van der Waals surface area contributed by atoms with Crippen molar-refractivity contribution >= 4 is 17.3 Å². The molecule has 0 aliphatic rings. The maximum absolute atomic E-state index is 11.4. The lowest BCUT2D eigenvalue weighted by molar-refractivity contribution is -0.397. The van der Waals surface area contributed by atoms with Gasteiger partial charge in [0, 0.05) is 0 Å². The van der Waals surface area contributed by atoms with Gasteiger partial charge in [-0.05, 0) is 0 Å². The zero-order chi connectivity index (χ0) is 14.7. The molecule has 0 spiro atoms. The third-order valence-electron chi connectivity index (χ3n) is 2.22. The monoisotopic (exact) mass is 273 g/mol. The summed E-state index contributed by atoms with van der Waals surface area (Å²) in [5.74, 6) is -1.56. The van der Waals surface area contributed by atoms with Crippen LogP contribution < -0.4 is 5.43 Å². The second-order valence-corrected chi connectivity index (χ2v) is 3.36. The summed E-state index contributed by atoms with van der Waals surface area (Å²) >= 11 is 0. The van der Waals surface area contributed by atoms with Crippen molar-refractivity contribution in [2.24, 2.45) is 0 Å². The topological polar surface area (TPSA) is 166 Å². The van der Waals surface area contributed by atoms with Crippen molar-refractivity contribution in [3.05, 3.63) is 42.8 Å². The van der Waals surface area contributed by atoms with Crippen LogP contribution in [0.3, 0.4) is 0 Å². The van der Waals surface area contributed by atoms with E-state index in [4.69, 9.17) is 10.2 Å². The Morgan fingerprint density at radius 1 is 1.26 bits per heavy atom. The average Bonchev–Trinajstić information content (AvgIpc) is 2.30. The van der Waals surface area contributed by atoms with E-state index in [1.165, 1.54) is 0 Å². The number of aliphatic carboxylic acids is 1. The highest BCUT2D eigenvalue weighted by Crippen LogP contribution is 2.16. The second-order valence-electron chi connectivity index (χ2n) is 3.36. The van der Waals surface area contributed by atoms with Crippen LogP contribution in [0.1, 0.15) is 6.04 Å². The number of aliphatic hydroxyl groups is 1. The molecule has 0 radical (unpaired) electrons. The summed E-state index contributed by atoms with van der Waals surface area (Å²) < 4.78 is 0.542. The van der Waals surface area contributed by atoms with Crippen LogP contribution in [-0.2, 0) is 4.79 Å². The zero-order valence-electron chi connectivity index (χ0n) is 9.12. The molecule has 1 heterocycles. The molecular weight excluding hydrogens is 266 g/mol. The molecule has 19 heavy (non-hydrogen) atoms. The fourth-order valence-electron chi connectivity index (χ4n) is 1.31. The van der Waals surface area contributed by atoms with Crippen molar-refractivity contribution < 1.29 is 24.9 Å². The summed E-state index contributed by atoms with van der Waals surface area (Å²) in [5, 5.41) is 38.8. The summed E-state index contributed by atoms with van der Waals surface area (Å²) in [6.45, 7) is -0.952. The van der Waals surface area contributed by atoms with Gasteiger partial charge in [0.25, 0.3) is 0 Å². The molecule has 0 aliphatic carbocycles. The number of hydrogen-bond acceptors (Lipinski definition) is 7. The Morgan fingerprint density at radius 2 is 1.68 bits per heavy atom. The zero-order valence-corrected chi connectivity index (χ0v) is 9.12. The van der Waals surface area contributed by atoms with Crippen molar-refractivity contribution in [3.63, 3.8) is 0 Å². The summed E-state index contributed by atoms with van der Waals surface area (Å²) in [7, 11) is 0. The Kier molecular flexibility index (Phi) is 3.91. The van der Waals surface area contributed by atoms with Gasteiger partial charge in [0.2, 0.25) is 0 Å². The molecule has 11 nitrogen and oxygen atoms in total. The third-order valence-corrected chi connectivity index (χ3v) is 2.22. The Bertz CT molecular complexity index is 568. The molecule has 2 N–H and O–H groups in total. The smallest absolute Gasteiger partial charge is 0.339 e. The quantitative estimate of drug-likeness (QED) is 0.523. The Labute approximate surface area is 103 Å². The Balaban J connectivity index is 3.59. The highest BCUT2D eigenvalue weighted by Gasteiger charge is 2.28. The summed E-state index contributed by atoms with van der Waals surface area (Å²) in [6, 6.07) is -1.67. The molecule has 1 rings (SSSR count). The maximum Gasteiger partial charge on any atom is 0.339 e. The van der Waals surface area contributed by atoms with E-state index in [1.54, 1.807) is 0 Å². The van der Waals surface area contributed by atoms with Crippen LogP contribution in [0.15, 0.2) is 17.2 Å². The summed E-state index contributed by atoms with van der Waals surface area (Å²) in [5.41, 5.74) is -3.73. The highest BCUT2D eigenvalue weighted by atomic mass is 16.6. The standard InChI is InChI=1S/C8H7N3O8/c12-3-6(8(14)15)9-1-4(10(16)17)7(13)5(2-9)11(18)19/h1-2,6,12H,3H2,(H,14,15)/t6-/m1/s1. The van der Waals surface area contributed by atoms with Crippen molar-refractivity contribution in [1.29, 1.82) is 0 Å². The van der Waals surface area contributed by atoms with Gasteiger partial charge in [0.05, 0.1) is 28.8 Å². The minimum atomic E-state index is -1.67. The summed E-state index contributed by atoms with van der Waals surface area (Å²) in [4.78, 5) is 41.0. The lowest BCUT2D eigenvalue weighted by atomic mass is 10.2. The van der Waals surface area contributed by atoms with Crippen LogP contribution >= 0.6 is 0 Å². The molecule has 11 heteroatoms. The lowest BCUT2D eigenvalue weighted by Gasteiger charge is -2.12. The first-order valence-corrected chi connectivity index (χ1v) is 4.67. The summed E-state index contributed by atoms with van der Waals surface area (Å²) in [6.07, 6.45) is 1.06. The molecule has 0 saturated heterocycles. The van der Waals surface area contributed by atoms with Gasteiger partial charge in [0.15, 0.2) is 6.04 Å². The van der Waals surface area contributed by atoms with Gasteiger partial charge in [-0.15, -0.1) is 0 Å². The van der Waals surface area contributed by atoms with E-state index in [0.29, 0.717) is 17.0 Å². The minimum absolute atomic E-state index is 0.532. The van der Waals surface area contributed by atoms with E-state index in [2.05, 4.69) is 0 Å². The van der Waals surface area contributed by atoms with Gasteiger partial charge >= 0.3 is 22.8 Å². The average molecular weight is 273 g/mol. The van der Waals surface area contributed by atoms with Crippen molar-refractivity contribution in [3.8, 4) is 0 Å². The second kappa shape index (κ2) is 5.22. The maximum atomic E-state index is 11.4. The molecule has 1 aromatic rings. The minimum Gasteiger partial charge on any atom is -0.480 e. The largest absolute Gasteiger partial charge is 0.480 e. The number of aliphatic hydroxyl groups excluding tert-OH is 1. The van der Waals surface area contributed by atoms with Gasteiger partial charge in [-0.1, -0.05) is 0 Å². The molecule has 102 valence electrons. The first kappa shape index (κ1) is 14.2. The van der Waals surface area contributed by atoms with Gasteiger partial charge in [-0.3, -0.25) is 25.0 Å². The van der Waals surface area contributed by atoms with Gasteiger partial charge in [0.1, 0.15) is 0 Å². The van der Waals surface area contributed by atoms with Gasteiger partial charge in [-0.25, -0.2) is 4.79 Å². The molecule has 0 amide bonds. The lowest BCUT2D eigenvalue weighted by Crippen LogP contribution is -2.25. The van der Waals surface area contributed by atoms with E-state index in [0.717, 1.165) is 0 Å². The number of nitro groups is 2. The molecule has 0 unspecified atom stereocenters. The number of pyridine rings is 1. The van der Waals surface area contributed by atoms with Gasteiger partial charge in [-0.2, -0.15) is 0 Å². The van der Waals surface area contributed by atoms with E-state index < -0.39 is 45.3 Å². The van der Waals surface area contributed by atoms with Crippen LogP contribution in [0.25, 0.3) is 0 Å². The van der Waals surface area contributed by atoms with Crippen LogP contribution in [0.2, 0.25) is 0 Å². The third kappa shape index (κ3) is 2.71. The predicted octanol–water partition coefficient (Wildman–Crippen LogP) is -0.717. The molecule has 0 bridgehead atoms. The molecule has 0 saturated carbocycles. The highest BCUT2D eigenvalue weighted by molar-refractivity contribution is 5.72. The Morgan fingerprint density at radius 3 is 1.95 bits per heavy atom. The van der Waals surface area contributed by atoms with Crippen molar-refractivity contribution in [2.75, 3.05) is 6.61 Å². The fraction of sp³-hybridized carbons (Fsp3) is 0.250. The van der Waals surface area contributed by atoms with Crippen LogP contribution in [-0.4, -0.2) is 37.2 Å². The van der Waals surface area contributed by atoms with E-state index in [1.807, 2.05) is 0 Å². The first-order chi connectivity index (χ1) is 8.79. The number of aromatic nitrogens is 1. The molecule has 0 aromatic carbocycles. The number of hydrogen-bond donors (Lipinski definition) is 2. The molecule has 0 fully saturated rings. The number of carboxylic acid groups (broad SMARTS) is 1. The van der Waals surface area contributed by atoms with E-state index in [9.17, 15) is 29.8 Å². The fourth-order valence-corrected chi connectivity index (χ4v) is 1.31. The molecular formula is C8H7N3O8. The van der Waals surface area contributed by atoms with Crippen LogP contribution in [0.4, 0.5) is 11.4 Å². The van der Waals surface area contributed by atoms with Crippen molar-refractivity contribution in [2.45, 2.75) is 6.04 Å². The Hall–Kier alpha value is -2.82. The van der Waals surface area contributed by atoms with E-state index in [-0.39, 0.29) is 0 Å². The van der Waals surface area contributed by atoms with Crippen LogP contribution in [0.5, 0.6) is 0 Å². The normalized spacial score (nSPS) is 11.8. The molecule has 0 aliphatic heterocycles. The number of nitrogens with zero attached hydrogens (tertiary/aromatic N) is 3.